The molecule has 182 valence electrons. The SMILES string of the molecule is Cc1ccc(-c2ccc(/C=C/C(=O)NC(=S)Nc3ccc(N4CCN(C)CC4)c(Cl)c3)o2)cc1Cl. The highest BCUT2D eigenvalue weighted by Gasteiger charge is 2.17. The normalized spacial score (nSPS) is 14.3. The highest BCUT2D eigenvalue weighted by molar-refractivity contribution is 7.80. The van der Waals surface area contributed by atoms with Crippen LogP contribution in [0.4, 0.5) is 11.4 Å². The predicted molar refractivity (Wildman–Crippen MR) is 148 cm³/mol. The summed E-state index contributed by atoms with van der Waals surface area (Å²) in [7, 11) is 2.12. The van der Waals surface area contributed by atoms with E-state index in [9.17, 15) is 4.79 Å². The van der Waals surface area contributed by atoms with E-state index in [2.05, 4.69) is 27.5 Å². The van der Waals surface area contributed by atoms with Gasteiger partial charge in [0.15, 0.2) is 5.11 Å². The van der Waals surface area contributed by atoms with Crippen molar-refractivity contribution in [2.45, 2.75) is 6.92 Å². The molecule has 1 aromatic heterocycles. The molecular weight excluding hydrogens is 503 g/mol. The number of nitrogens with zero attached hydrogens (tertiary/aromatic N) is 2. The van der Waals surface area contributed by atoms with Crippen molar-refractivity contribution in [2.75, 3.05) is 43.4 Å². The molecule has 1 aliphatic rings. The number of piperazine rings is 1. The number of likely N-dealkylation sites (N-methyl/N-ethyl adjacent to an activating group) is 1. The molecule has 2 heterocycles. The number of amides is 1. The quantitative estimate of drug-likeness (QED) is 0.320. The molecule has 2 aromatic carbocycles. The number of rotatable bonds is 5. The Morgan fingerprint density at radius 2 is 1.80 bits per heavy atom. The summed E-state index contributed by atoms with van der Waals surface area (Å²) in [5.41, 5.74) is 3.56. The number of carbonyl (C=O) groups is 1. The van der Waals surface area contributed by atoms with Crippen LogP contribution in [0.15, 0.2) is 59.0 Å². The van der Waals surface area contributed by atoms with E-state index in [1.807, 2.05) is 49.4 Å². The zero-order valence-electron chi connectivity index (χ0n) is 19.5. The van der Waals surface area contributed by atoms with Crippen molar-refractivity contribution in [3.05, 3.63) is 76.0 Å². The van der Waals surface area contributed by atoms with Crippen molar-refractivity contribution >= 4 is 63.9 Å². The maximum atomic E-state index is 12.3. The maximum Gasteiger partial charge on any atom is 0.250 e. The third-order valence-corrected chi connectivity index (χ3v) is 6.68. The topological polar surface area (TPSA) is 60.8 Å². The van der Waals surface area contributed by atoms with Gasteiger partial charge in [-0.05, 0) is 74.2 Å². The molecule has 35 heavy (non-hydrogen) atoms. The minimum atomic E-state index is -0.376. The molecular formula is C26H26Cl2N4O2S. The summed E-state index contributed by atoms with van der Waals surface area (Å²) in [6, 6.07) is 15.0. The lowest BCUT2D eigenvalue weighted by Gasteiger charge is -2.34. The molecule has 1 aliphatic heterocycles. The Balaban J connectivity index is 1.31. The monoisotopic (exact) mass is 528 g/mol. The van der Waals surface area contributed by atoms with Crippen molar-refractivity contribution in [1.82, 2.24) is 10.2 Å². The molecule has 0 radical (unpaired) electrons. The van der Waals surface area contributed by atoms with E-state index in [1.54, 1.807) is 12.1 Å². The summed E-state index contributed by atoms with van der Waals surface area (Å²) in [5, 5.41) is 7.12. The van der Waals surface area contributed by atoms with E-state index in [-0.39, 0.29) is 11.0 Å². The number of anilines is 2. The second kappa shape index (κ2) is 11.3. The van der Waals surface area contributed by atoms with Crippen LogP contribution < -0.4 is 15.5 Å². The average Bonchev–Trinajstić information content (AvgIpc) is 3.29. The molecule has 1 fully saturated rings. The summed E-state index contributed by atoms with van der Waals surface area (Å²) in [4.78, 5) is 16.9. The second-order valence-corrected chi connectivity index (χ2v) is 9.62. The van der Waals surface area contributed by atoms with E-state index in [0.29, 0.717) is 27.3 Å². The molecule has 0 saturated carbocycles. The van der Waals surface area contributed by atoms with Crippen LogP contribution in [0.5, 0.6) is 0 Å². The third kappa shape index (κ3) is 6.64. The number of furan rings is 1. The van der Waals surface area contributed by atoms with Gasteiger partial charge >= 0.3 is 0 Å². The molecule has 1 saturated heterocycles. The van der Waals surface area contributed by atoms with Crippen molar-refractivity contribution in [3.63, 3.8) is 0 Å². The van der Waals surface area contributed by atoms with Gasteiger partial charge in [-0.25, -0.2) is 0 Å². The van der Waals surface area contributed by atoms with Crippen molar-refractivity contribution in [1.29, 1.82) is 0 Å². The van der Waals surface area contributed by atoms with E-state index >= 15 is 0 Å². The summed E-state index contributed by atoms with van der Waals surface area (Å²) >= 11 is 18.0. The summed E-state index contributed by atoms with van der Waals surface area (Å²) in [6.45, 7) is 5.80. The first-order valence-corrected chi connectivity index (χ1v) is 12.3. The Labute approximate surface area is 220 Å². The van der Waals surface area contributed by atoms with Crippen LogP contribution in [-0.2, 0) is 4.79 Å². The lowest BCUT2D eigenvalue weighted by molar-refractivity contribution is -0.115. The maximum absolute atomic E-state index is 12.3. The van der Waals surface area contributed by atoms with Gasteiger partial charge in [0.2, 0.25) is 5.91 Å². The lowest BCUT2D eigenvalue weighted by Crippen LogP contribution is -2.44. The molecule has 3 aromatic rings. The van der Waals surface area contributed by atoms with Crippen LogP contribution in [0.1, 0.15) is 11.3 Å². The first-order chi connectivity index (χ1) is 16.8. The molecule has 2 N–H and O–H groups in total. The zero-order valence-corrected chi connectivity index (χ0v) is 21.8. The van der Waals surface area contributed by atoms with Crippen molar-refractivity contribution in [3.8, 4) is 11.3 Å². The van der Waals surface area contributed by atoms with Crippen molar-refractivity contribution < 1.29 is 9.21 Å². The Bertz CT molecular complexity index is 1270. The fourth-order valence-corrected chi connectivity index (χ4v) is 4.40. The van der Waals surface area contributed by atoms with Crippen LogP contribution in [0.2, 0.25) is 10.0 Å². The zero-order chi connectivity index (χ0) is 24.9. The number of benzene rings is 2. The smallest absolute Gasteiger partial charge is 0.250 e. The molecule has 0 aliphatic carbocycles. The number of hydrogen-bond donors (Lipinski definition) is 2. The van der Waals surface area contributed by atoms with Gasteiger partial charge in [0.05, 0.1) is 10.7 Å². The molecule has 4 rings (SSSR count). The standard InChI is InChI=1S/C26H26Cl2N4O2S/c1-17-3-4-18(15-21(17)27)24-9-6-20(34-24)7-10-25(33)30-26(35)29-19-5-8-23(22(28)16-19)32-13-11-31(2)12-14-32/h3-10,15-16H,11-14H2,1-2H3,(H2,29,30,33,35)/b10-7+. The Morgan fingerprint density at radius 1 is 1.03 bits per heavy atom. The van der Waals surface area contributed by atoms with Gasteiger partial charge in [0.1, 0.15) is 11.5 Å². The number of halogens is 2. The third-order valence-electron chi connectivity index (χ3n) is 5.77. The molecule has 1 amide bonds. The first kappa shape index (κ1) is 25.3. The Hall–Kier alpha value is -2.84. The lowest BCUT2D eigenvalue weighted by atomic mass is 10.1. The molecule has 0 unspecified atom stereocenters. The molecule has 0 bridgehead atoms. The minimum Gasteiger partial charge on any atom is -0.457 e. The fourth-order valence-electron chi connectivity index (χ4n) is 3.71. The van der Waals surface area contributed by atoms with Gasteiger partial charge in [-0.3, -0.25) is 10.1 Å². The van der Waals surface area contributed by atoms with Gasteiger partial charge in [-0.1, -0.05) is 35.3 Å². The van der Waals surface area contributed by atoms with E-state index < -0.39 is 0 Å². The number of hydrogen-bond acceptors (Lipinski definition) is 5. The van der Waals surface area contributed by atoms with Gasteiger partial charge in [-0.15, -0.1) is 0 Å². The van der Waals surface area contributed by atoms with Gasteiger partial charge < -0.3 is 19.5 Å². The predicted octanol–water partition coefficient (Wildman–Crippen LogP) is 5.84. The van der Waals surface area contributed by atoms with Crippen LogP contribution in [0.3, 0.4) is 0 Å². The van der Waals surface area contributed by atoms with E-state index in [0.717, 1.165) is 43.0 Å². The summed E-state index contributed by atoms with van der Waals surface area (Å²) in [5.74, 6) is 0.831. The molecule has 6 nitrogen and oxygen atoms in total. The highest BCUT2D eigenvalue weighted by atomic mass is 35.5. The molecule has 9 heteroatoms. The van der Waals surface area contributed by atoms with Crippen LogP contribution in [0, 0.1) is 6.92 Å². The minimum absolute atomic E-state index is 0.178. The fraction of sp³-hybridized carbons (Fsp3) is 0.231. The Morgan fingerprint density at radius 3 is 2.51 bits per heavy atom. The van der Waals surface area contributed by atoms with Crippen LogP contribution in [-0.4, -0.2) is 49.1 Å². The molecule has 0 atom stereocenters. The first-order valence-electron chi connectivity index (χ1n) is 11.2. The van der Waals surface area contributed by atoms with E-state index in [1.165, 1.54) is 6.08 Å². The number of carbonyl (C=O) groups excluding carboxylic acids is 1. The highest BCUT2D eigenvalue weighted by Crippen LogP contribution is 2.30. The van der Waals surface area contributed by atoms with Crippen LogP contribution >= 0.6 is 35.4 Å². The average molecular weight is 529 g/mol. The second-order valence-electron chi connectivity index (χ2n) is 8.40. The van der Waals surface area contributed by atoms with Gasteiger partial charge in [0, 0.05) is 48.5 Å². The van der Waals surface area contributed by atoms with Crippen molar-refractivity contribution in [2.24, 2.45) is 0 Å². The van der Waals surface area contributed by atoms with Crippen LogP contribution in [0.25, 0.3) is 17.4 Å². The van der Waals surface area contributed by atoms with Gasteiger partial charge in [-0.2, -0.15) is 0 Å². The van der Waals surface area contributed by atoms with E-state index in [4.69, 9.17) is 39.8 Å². The van der Waals surface area contributed by atoms with Gasteiger partial charge in [0.25, 0.3) is 0 Å². The summed E-state index contributed by atoms with van der Waals surface area (Å²) < 4.78 is 5.80. The summed E-state index contributed by atoms with van der Waals surface area (Å²) in [6.07, 6.45) is 2.95. The number of aryl methyl sites for hydroxylation is 1. The number of nitrogens with one attached hydrogen (secondary N) is 2. The number of thiocarbonyl (C=S) groups is 1. The molecule has 0 spiro atoms. The largest absolute Gasteiger partial charge is 0.457 e. The Kier molecular flexibility index (Phi) is 8.13.